The molecule has 0 unspecified atom stereocenters. The first-order valence-electron chi connectivity index (χ1n) is 7.87. The smallest absolute Gasteiger partial charge is 0.341 e. The number of esters is 1. The number of rotatable bonds is 6. The highest BCUT2D eigenvalue weighted by atomic mass is 32.2. The fourth-order valence-corrected chi connectivity index (χ4v) is 3.84. The first-order valence-corrected chi connectivity index (χ1v) is 9.09. The summed E-state index contributed by atoms with van der Waals surface area (Å²) in [5.41, 5.74) is 2.01. The molecular weight excluding hydrogens is 312 g/mol. The van der Waals surface area contributed by atoms with Gasteiger partial charge in [-0.3, -0.25) is 4.68 Å². The highest BCUT2D eigenvalue weighted by molar-refractivity contribution is 8.00. The predicted octanol–water partition coefficient (Wildman–Crippen LogP) is 2.84. The molecular formula is C16H22N4O2S. The molecule has 1 N–H and O–H groups in total. The number of anilines is 1. The van der Waals surface area contributed by atoms with Gasteiger partial charge in [-0.05, 0) is 26.0 Å². The molecule has 23 heavy (non-hydrogen) atoms. The molecule has 0 atom stereocenters. The second-order valence-corrected chi connectivity index (χ2v) is 7.14. The van der Waals surface area contributed by atoms with E-state index in [-0.39, 0.29) is 10.7 Å². The second-order valence-electron chi connectivity index (χ2n) is 5.87. The SMILES string of the molecule is CCOC(=O)c1cnc2c(cnn2C)c1NCC1(SC)CCC1. The van der Waals surface area contributed by atoms with Crippen molar-refractivity contribution in [3.8, 4) is 0 Å². The van der Waals surface area contributed by atoms with Crippen LogP contribution in [0.15, 0.2) is 12.4 Å². The lowest BCUT2D eigenvalue weighted by atomic mass is 9.84. The Balaban J connectivity index is 1.97. The van der Waals surface area contributed by atoms with E-state index in [2.05, 4.69) is 21.7 Å². The average molecular weight is 334 g/mol. The van der Waals surface area contributed by atoms with Crippen LogP contribution in [-0.2, 0) is 11.8 Å². The Labute approximate surface area is 140 Å². The van der Waals surface area contributed by atoms with Crippen LogP contribution in [0.1, 0.15) is 36.5 Å². The fourth-order valence-electron chi connectivity index (χ4n) is 2.92. The zero-order valence-corrected chi connectivity index (χ0v) is 14.6. The van der Waals surface area contributed by atoms with Gasteiger partial charge >= 0.3 is 5.97 Å². The third kappa shape index (κ3) is 2.89. The molecule has 0 amide bonds. The molecule has 7 heteroatoms. The van der Waals surface area contributed by atoms with Gasteiger partial charge in [0, 0.05) is 24.5 Å². The van der Waals surface area contributed by atoms with E-state index >= 15 is 0 Å². The van der Waals surface area contributed by atoms with Gasteiger partial charge in [0.2, 0.25) is 0 Å². The van der Waals surface area contributed by atoms with E-state index in [0.717, 1.165) is 23.3 Å². The maximum Gasteiger partial charge on any atom is 0.341 e. The number of aromatic nitrogens is 3. The van der Waals surface area contributed by atoms with Gasteiger partial charge in [0.25, 0.3) is 0 Å². The fraction of sp³-hybridized carbons (Fsp3) is 0.562. The molecule has 2 heterocycles. The molecule has 0 radical (unpaired) electrons. The lowest BCUT2D eigenvalue weighted by Crippen LogP contribution is -2.40. The molecule has 124 valence electrons. The summed E-state index contributed by atoms with van der Waals surface area (Å²) in [5.74, 6) is -0.347. The minimum Gasteiger partial charge on any atom is -0.462 e. The quantitative estimate of drug-likeness (QED) is 0.819. The summed E-state index contributed by atoms with van der Waals surface area (Å²) < 4.78 is 7.15. The standard InChI is InChI=1S/C16H22N4O2S/c1-4-22-15(21)12-8-17-14-11(9-19-20(14)2)13(12)18-10-16(23-3)6-5-7-16/h8-9H,4-7,10H2,1-3H3,(H,17,18). The van der Waals surface area contributed by atoms with Crippen LogP contribution in [0.5, 0.6) is 0 Å². The van der Waals surface area contributed by atoms with Crippen molar-refractivity contribution in [2.75, 3.05) is 24.7 Å². The lowest BCUT2D eigenvalue weighted by molar-refractivity contribution is 0.0527. The van der Waals surface area contributed by atoms with Crippen LogP contribution < -0.4 is 5.32 Å². The molecule has 0 bridgehead atoms. The van der Waals surface area contributed by atoms with Crippen molar-refractivity contribution < 1.29 is 9.53 Å². The number of hydrogen-bond acceptors (Lipinski definition) is 6. The van der Waals surface area contributed by atoms with Crippen LogP contribution in [-0.4, -0.2) is 44.9 Å². The minimum absolute atomic E-state index is 0.268. The second kappa shape index (κ2) is 6.39. The normalized spacial score (nSPS) is 16.1. The van der Waals surface area contributed by atoms with Gasteiger partial charge in [-0.25, -0.2) is 9.78 Å². The molecule has 2 aromatic heterocycles. The Bertz CT molecular complexity index is 719. The summed E-state index contributed by atoms with van der Waals surface area (Å²) >= 11 is 1.90. The van der Waals surface area contributed by atoms with Gasteiger partial charge in [0.1, 0.15) is 5.56 Å². The van der Waals surface area contributed by atoms with Crippen molar-refractivity contribution in [3.05, 3.63) is 18.0 Å². The summed E-state index contributed by atoms with van der Waals surface area (Å²) in [5, 5.41) is 8.60. The highest BCUT2D eigenvalue weighted by Gasteiger charge is 2.36. The molecule has 2 aromatic rings. The molecule has 0 aromatic carbocycles. The number of nitrogens with zero attached hydrogens (tertiary/aromatic N) is 3. The molecule has 6 nitrogen and oxygen atoms in total. The Morgan fingerprint density at radius 1 is 1.48 bits per heavy atom. The number of carbonyl (C=O) groups excluding carboxylic acids is 1. The van der Waals surface area contributed by atoms with Crippen molar-refractivity contribution >= 4 is 34.5 Å². The minimum atomic E-state index is -0.347. The maximum absolute atomic E-state index is 12.3. The van der Waals surface area contributed by atoms with Crippen molar-refractivity contribution in [1.82, 2.24) is 14.8 Å². The van der Waals surface area contributed by atoms with E-state index in [4.69, 9.17) is 4.74 Å². The Morgan fingerprint density at radius 3 is 2.87 bits per heavy atom. The Morgan fingerprint density at radius 2 is 2.26 bits per heavy atom. The number of hydrogen-bond donors (Lipinski definition) is 1. The molecule has 1 aliphatic rings. The number of fused-ring (bicyclic) bond motifs is 1. The van der Waals surface area contributed by atoms with Crippen molar-refractivity contribution in [2.24, 2.45) is 7.05 Å². The first kappa shape index (κ1) is 16.1. The lowest BCUT2D eigenvalue weighted by Gasteiger charge is -2.40. The molecule has 0 aliphatic heterocycles. The van der Waals surface area contributed by atoms with Crippen LogP contribution >= 0.6 is 11.8 Å². The molecule has 1 saturated carbocycles. The zero-order chi connectivity index (χ0) is 16.4. The van der Waals surface area contributed by atoms with Gasteiger partial charge in [-0.15, -0.1) is 0 Å². The predicted molar refractivity (Wildman–Crippen MR) is 93.1 cm³/mol. The summed E-state index contributed by atoms with van der Waals surface area (Å²) in [4.78, 5) is 16.6. The molecule has 0 spiro atoms. The molecule has 1 aliphatic carbocycles. The summed E-state index contributed by atoms with van der Waals surface area (Å²) in [6.45, 7) is 2.98. The summed E-state index contributed by atoms with van der Waals surface area (Å²) in [6.07, 6.45) is 9.16. The summed E-state index contributed by atoms with van der Waals surface area (Å²) in [6, 6.07) is 0. The first-order chi connectivity index (χ1) is 11.1. The molecule has 0 saturated heterocycles. The van der Waals surface area contributed by atoms with Gasteiger partial charge in [0.15, 0.2) is 5.65 Å². The number of nitrogens with one attached hydrogen (secondary N) is 1. The zero-order valence-electron chi connectivity index (χ0n) is 13.8. The van der Waals surface area contributed by atoms with Crippen LogP contribution in [0.25, 0.3) is 11.0 Å². The van der Waals surface area contributed by atoms with E-state index in [1.54, 1.807) is 24.0 Å². The van der Waals surface area contributed by atoms with Crippen LogP contribution in [0, 0.1) is 0 Å². The van der Waals surface area contributed by atoms with E-state index in [0.29, 0.717) is 12.2 Å². The number of carbonyl (C=O) groups is 1. The van der Waals surface area contributed by atoms with E-state index in [9.17, 15) is 4.79 Å². The number of ether oxygens (including phenoxy) is 1. The third-order valence-electron chi connectivity index (χ3n) is 4.54. The van der Waals surface area contributed by atoms with Gasteiger partial charge in [0.05, 0.1) is 23.9 Å². The highest BCUT2D eigenvalue weighted by Crippen LogP contribution is 2.43. The topological polar surface area (TPSA) is 69.0 Å². The monoisotopic (exact) mass is 334 g/mol. The van der Waals surface area contributed by atoms with Crippen LogP contribution in [0.4, 0.5) is 5.69 Å². The third-order valence-corrected chi connectivity index (χ3v) is 5.96. The average Bonchev–Trinajstić information content (AvgIpc) is 2.88. The van der Waals surface area contributed by atoms with Crippen molar-refractivity contribution in [2.45, 2.75) is 30.9 Å². The van der Waals surface area contributed by atoms with E-state index < -0.39 is 0 Å². The van der Waals surface area contributed by atoms with Gasteiger partial charge < -0.3 is 10.1 Å². The van der Waals surface area contributed by atoms with Crippen LogP contribution in [0.3, 0.4) is 0 Å². The van der Waals surface area contributed by atoms with E-state index in [1.165, 1.54) is 19.3 Å². The van der Waals surface area contributed by atoms with Crippen LogP contribution in [0.2, 0.25) is 0 Å². The molecule has 1 fully saturated rings. The van der Waals surface area contributed by atoms with Gasteiger partial charge in [-0.2, -0.15) is 16.9 Å². The molecule has 3 rings (SSSR count). The number of thioether (sulfide) groups is 1. The number of aryl methyl sites for hydroxylation is 1. The number of pyridine rings is 1. The maximum atomic E-state index is 12.3. The Hall–Kier alpha value is -1.76. The largest absolute Gasteiger partial charge is 0.462 e. The van der Waals surface area contributed by atoms with Crippen molar-refractivity contribution in [1.29, 1.82) is 0 Å². The summed E-state index contributed by atoms with van der Waals surface area (Å²) in [7, 11) is 1.85. The van der Waals surface area contributed by atoms with Crippen molar-refractivity contribution in [3.63, 3.8) is 0 Å². The van der Waals surface area contributed by atoms with Gasteiger partial charge in [-0.1, -0.05) is 6.42 Å². The van der Waals surface area contributed by atoms with E-state index in [1.807, 2.05) is 18.8 Å². The Kier molecular flexibility index (Phi) is 4.48.